The van der Waals surface area contributed by atoms with Crippen LogP contribution < -0.4 is 0 Å². The summed E-state index contributed by atoms with van der Waals surface area (Å²) in [5.41, 5.74) is 6.54. The van der Waals surface area contributed by atoms with Crippen molar-refractivity contribution in [2.45, 2.75) is 180 Å². The first kappa shape index (κ1) is 59.2. The first-order valence-corrected chi connectivity index (χ1v) is 31.4. The number of likely N-dealkylation sites (tertiary alicyclic amines) is 4. The van der Waals surface area contributed by atoms with E-state index >= 15 is 0 Å². The van der Waals surface area contributed by atoms with E-state index < -0.39 is 17.3 Å². The number of nitrogens with zero attached hydrogens (tertiary/aromatic N) is 8. The highest BCUT2D eigenvalue weighted by molar-refractivity contribution is 7.18. The Labute approximate surface area is 501 Å². The Morgan fingerprint density at radius 3 is 1.67 bits per heavy atom. The minimum Gasteiger partial charge on any atom is -0.444 e. The molecule has 11 rings (SSSR count). The average molecular weight is 1170 g/mol. The zero-order chi connectivity index (χ0) is 59.7. The third kappa shape index (κ3) is 13.5. The lowest BCUT2D eigenvalue weighted by atomic mass is 9.77. The minimum absolute atomic E-state index is 0.0310. The quantitative estimate of drug-likeness (QED) is 0.0634. The van der Waals surface area contributed by atoms with Gasteiger partial charge >= 0.3 is 12.2 Å². The van der Waals surface area contributed by atoms with Crippen molar-refractivity contribution in [3.8, 4) is 34.4 Å². The molecule has 1 aliphatic carbocycles. The second-order valence-electron chi connectivity index (χ2n) is 26.3. The molecule has 2 aromatic carbocycles. The summed E-state index contributed by atoms with van der Waals surface area (Å²) in [6.45, 7) is 17.7. The zero-order valence-electron chi connectivity index (χ0n) is 50.5. The van der Waals surface area contributed by atoms with Crippen molar-refractivity contribution in [1.82, 2.24) is 59.5 Å². The predicted molar refractivity (Wildman–Crippen MR) is 329 cm³/mol. The Morgan fingerprint density at radius 1 is 0.588 bits per heavy atom. The number of rotatable bonds is 13. The van der Waals surface area contributed by atoms with Gasteiger partial charge in [0, 0.05) is 55.5 Å². The fourth-order valence-electron chi connectivity index (χ4n) is 13.5. The molecular weight excluding hydrogens is 1090 g/mol. The average Bonchev–Trinajstić information content (AvgIpc) is 3.23. The van der Waals surface area contributed by atoms with Crippen LogP contribution in [0.5, 0.6) is 0 Å². The molecule has 8 heterocycles. The van der Waals surface area contributed by atoms with Gasteiger partial charge in [-0.2, -0.15) is 0 Å². The van der Waals surface area contributed by atoms with E-state index in [1.165, 1.54) is 5.56 Å². The molecule has 5 aliphatic rings. The van der Waals surface area contributed by atoms with Crippen molar-refractivity contribution in [1.29, 1.82) is 0 Å². The molecule has 4 aromatic heterocycles. The molecule has 1 saturated carbocycles. The monoisotopic (exact) mass is 1170 g/mol. The van der Waals surface area contributed by atoms with Gasteiger partial charge in [0.25, 0.3) is 0 Å². The number of imidazole rings is 4. The Balaban J connectivity index is 0.678. The number of hydrogen-bond acceptors (Lipinski definition) is 10. The Hall–Kier alpha value is -7.51. The second kappa shape index (κ2) is 24.8. The lowest BCUT2D eigenvalue weighted by Crippen LogP contribution is -2.38. The van der Waals surface area contributed by atoms with E-state index in [4.69, 9.17) is 24.4 Å². The lowest BCUT2D eigenvalue weighted by molar-refractivity contribution is -0.136. The van der Waals surface area contributed by atoms with Gasteiger partial charge in [-0.25, -0.2) is 29.5 Å². The van der Waals surface area contributed by atoms with Gasteiger partial charge < -0.3 is 39.2 Å². The van der Waals surface area contributed by atoms with Crippen molar-refractivity contribution in [2.24, 2.45) is 17.8 Å². The van der Waals surface area contributed by atoms with Crippen LogP contribution in [0.3, 0.4) is 0 Å². The molecule has 19 heteroatoms. The van der Waals surface area contributed by atoms with Gasteiger partial charge in [-0.05, 0) is 172 Å². The Kier molecular flexibility index (Phi) is 17.3. The summed E-state index contributed by atoms with van der Waals surface area (Å²) in [4.78, 5) is 95.0. The van der Waals surface area contributed by atoms with Gasteiger partial charge in [-0.1, -0.05) is 55.0 Å². The summed E-state index contributed by atoms with van der Waals surface area (Å²) >= 11 is 0. The van der Waals surface area contributed by atoms with Crippen LogP contribution in [0.4, 0.5) is 9.59 Å². The smallest absolute Gasteiger partial charge is 0.410 e. The molecule has 85 heavy (non-hydrogen) atoms. The van der Waals surface area contributed by atoms with Crippen molar-refractivity contribution < 1.29 is 28.7 Å². The molecule has 0 spiro atoms. The molecule has 0 radical (unpaired) electrons. The Bertz CT molecular complexity index is 3420. The number of carbonyl (C=O) groups is 4. The van der Waals surface area contributed by atoms with E-state index in [0.29, 0.717) is 55.8 Å². The summed E-state index contributed by atoms with van der Waals surface area (Å²) in [6, 6.07) is 16.1. The molecule has 4 aliphatic heterocycles. The molecule has 7 atom stereocenters. The van der Waals surface area contributed by atoms with Gasteiger partial charge in [0.15, 0.2) is 0 Å². The molecule has 6 aromatic rings. The first-order valence-electron chi connectivity index (χ1n) is 30.8. The fourth-order valence-corrected chi connectivity index (χ4v) is 13.6. The number of carbonyl (C=O) groups excluding carboxylic acids is 4. The van der Waals surface area contributed by atoms with Crippen molar-refractivity contribution in [2.75, 3.05) is 26.2 Å². The standard InChI is InChI=1S/C66H83N12O6P/c1-40(61(79)75-29-9-12-53(75)57-68-36-51(72-57)47-24-20-44(21-25-47)45-22-26-48(27-23-45)52-37-69-58(73-52)54-13-10-30-76(54)62(80)41(2)39-85)32-43-33-56(78(38-43)64(82)84-66(6,7)8)60-67-34-49(71-60)28-17-42-15-18-46(19-16-42)50-35-70-59(74-50)55-14-11-31-77(55)63(81)83-65(3,4)5/h15-16,18-19,22-23,26-27,34-37,39-41,43-44,47,53-56,85H,9-14,20-21,24-25,29-33,38H2,1-8H3,(H,67,71)(H,68,72)(H,69,73)(H,70,74). The summed E-state index contributed by atoms with van der Waals surface area (Å²) in [7, 11) is 3.41. The van der Waals surface area contributed by atoms with Crippen molar-refractivity contribution in [3.63, 3.8) is 0 Å². The maximum absolute atomic E-state index is 14.5. The Morgan fingerprint density at radius 2 is 1.08 bits per heavy atom. The third-order valence-electron chi connectivity index (χ3n) is 17.8. The SMILES string of the molecule is CC(C=P)C(=O)N1CCCC1c1ncc(-c2ccc(C3CCC(c4cnc(C5CCCN5C(=O)C(C)CC5CC(c6ncc(C#Cc7ccc(-c8cnc(C9CCCN9C(=O)OC(C)(C)C)[nH]8)cc7)[nH]6)N(C(=O)OC(C)(C)C)C5)[nH]4)CC3)cc2)[nH]1. The van der Waals surface area contributed by atoms with E-state index in [9.17, 15) is 19.2 Å². The lowest BCUT2D eigenvalue weighted by Gasteiger charge is -2.29. The van der Waals surface area contributed by atoms with Crippen LogP contribution in [-0.2, 0) is 19.1 Å². The number of aromatic nitrogens is 8. The van der Waals surface area contributed by atoms with E-state index in [0.717, 1.165) is 122 Å². The highest BCUT2D eigenvalue weighted by atomic mass is 31.0. The maximum atomic E-state index is 14.5. The molecular formula is C66H83N12O6P. The summed E-state index contributed by atoms with van der Waals surface area (Å²) in [5, 5.41) is 0. The molecule has 7 unspecified atom stereocenters. The van der Waals surface area contributed by atoms with E-state index in [1.807, 2.05) is 102 Å². The zero-order valence-corrected chi connectivity index (χ0v) is 51.5. The number of amides is 4. The number of nitrogens with one attached hydrogen (secondary N) is 4. The summed E-state index contributed by atoms with van der Waals surface area (Å²) in [6.07, 6.45) is 17.6. The molecule has 5 fully saturated rings. The largest absolute Gasteiger partial charge is 0.444 e. The molecule has 0 bridgehead atoms. The third-order valence-corrected chi connectivity index (χ3v) is 18.3. The van der Waals surface area contributed by atoms with Crippen LogP contribution in [0, 0.1) is 29.6 Å². The van der Waals surface area contributed by atoms with E-state index in [-0.39, 0.29) is 59.8 Å². The van der Waals surface area contributed by atoms with Gasteiger partial charge in [-0.15, -0.1) is 8.86 Å². The van der Waals surface area contributed by atoms with Gasteiger partial charge in [-0.3, -0.25) is 19.4 Å². The van der Waals surface area contributed by atoms with Gasteiger partial charge in [0.1, 0.15) is 40.2 Å². The van der Waals surface area contributed by atoms with Crippen LogP contribution in [0.15, 0.2) is 73.3 Å². The number of ether oxygens (including phenoxy) is 2. The van der Waals surface area contributed by atoms with Crippen molar-refractivity contribution >= 4 is 38.7 Å². The molecule has 4 N–H and O–H groups in total. The van der Waals surface area contributed by atoms with Crippen LogP contribution in [0.1, 0.15) is 214 Å². The van der Waals surface area contributed by atoms with E-state index in [1.54, 1.807) is 28.0 Å². The van der Waals surface area contributed by atoms with Gasteiger partial charge in [0.2, 0.25) is 11.8 Å². The van der Waals surface area contributed by atoms with Gasteiger partial charge in [0.05, 0.1) is 60.1 Å². The highest BCUT2D eigenvalue weighted by Gasteiger charge is 2.43. The molecule has 4 saturated heterocycles. The normalized spacial score (nSPS) is 23.4. The summed E-state index contributed by atoms with van der Waals surface area (Å²) in [5.74, 6) is 12.0. The van der Waals surface area contributed by atoms with Crippen LogP contribution >= 0.6 is 8.86 Å². The van der Waals surface area contributed by atoms with Crippen molar-refractivity contribution in [3.05, 3.63) is 119 Å². The highest BCUT2D eigenvalue weighted by Crippen LogP contribution is 2.43. The number of benzene rings is 2. The minimum atomic E-state index is -0.692. The van der Waals surface area contributed by atoms with Crippen LogP contribution in [0.2, 0.25) is 0 Å². The predicted octanol–water partition coefficient (Wildman–Crippen LogP) is 12.8. The second-order valence-corrected chi connectivity index (χ2v) is 26.7. The number of aromatic amines is 4. The topological polar surface area (TPSA) is 214 Å². The number of hydrogen-bond donors (Lipinski definition) is 4. The first-order chi connectivity index (χ1) is 40.7. The van der Waals surface area contributed by atoms with Crippen LogP contribution in [0.25, 0.3) is 22.5 Å². The van der Waals surface area contributed by atoms with Crippen LogP contribution in [-0.4, -0.2) is 127 Å². The molecule has 18 nitrogen and oxygen atoms in total. The fraction of sp³-hybridized carbons (Fsp3) is 0.530. The molecule has 4 amide bonds. The number of H-pyrrole nitrogens is 4. The summed E-state index contributed by atoms with van der Waals surface area (Å²) < 4.78 is 11.6. The van der Waals surface area contributed by atoms with E-state index in [2.05, 4.69) is 69.9 Å². The maximum Gasteiger partial charge on any atom is 0.410 e. The molecule has 448 valence electrons.